The molecule has 0 aliphatic rings. The number of ketones is 1. The molecule has 0 aromatic rings. The average Bonchev–Trinajstić information content (AvgIpc) is 2.29. The summed E-state index contributed by atoms with van der Waals surface area (Å²) in [5.74, 6) is 0.0673. The molecule has 0 aromatic heterocycles. The Morgan fingerprint density at radius 1 is 1.12 bits per heavy atom. The van der Waals surface area contributed by atoms with Crippen LogP contribution < -0.4 is 0 Å². The van der Waals surface area contributed by atoms with Gasteiger partial charge in [0, 0.05) is 6.42 Å². The lowest BCUT2D eigenvalue weighted by atomic mass is 10.0. The summed E-state index contributed by atoms with van der Waals surface area (Å²) in [7, 11) is 0. The van der Waals surface area contributed by atoms with Crippen LogP contribution in [-0.2, 0) is 14.3 Å². The van der Waals surface area contributed by atoms with E-state index in [0.717, 1.165) is 19.3 Å². The van der Waals surface area contributed by atoms with Gasteiger partial charge in [-0.3, -0.25) is 9.59 Å². The van der Waals surface area contributed by atoms with Gasteiger partial charge in [-0.05, 0) is 18.8 Å². The van der Waals surface area contributed by atoms with Gasteiger partial charge < -0.3 is 4.74 Å². The van der Waals surface area contributed by atoms with Crippen LogP contribution in [0.25, 0.3) is 0 Å². The Morgan fingerprint density at radius 3 is 2.35 bits per heavy atom. The lowest BCUT2D eigenvalue weighted by Crippen LogP contribution is -2.16. The number of hydrogen-bond acceptors (Lipinski definition) is 3. The Balaban J connectivity index is 3.76. The number of carbonyl (C=O) groups is 2. The molecule has 1 atom stereocenters. The van der Waals surface area contributed by atoms with Gasteiger partial charge in [0.25, 0.3) is 0 Å². The maximum absolute atomic E-state index is 11.4. The second kappa shape index (κ2) is 10.3. The van der Waals surface area contributed by atoms with E-state index in [4.69, 9.17) is 4.74 Å². The zero-order chi connectivity index (χ0) is 13.1. The molecule has 0 fully saturated rings. The predicted octanol–water partition coefficient (Wildman–Crippen LogP) is 3.51. The van der Waals surface area contributed by atoms with Crippen LogP contribution in [0.4, 0.5) is 0 Å². The summed E-state index contributed by atoms with van der Waals surface area (Å²) in [5.41, 5.74) is 0. The highest BCUT2D eigenvalue weighted by molar-refractivity contribution is 5.95. The summed E-state index contributed by atoms with van der Waals surface area (Å²) in [6.07, 6.45) is 5.67. The van der Waals surface area contributed by atoms with Gasteiger partial charge in [0.15, 0.2) is 0 Å². The summed E-state index contributed by atoms with van der Waals surface area (Å²) in [5, 5.41) is 0. The predicted molar refractivity (Wildman–Crippen MR) is 68.8 cm³/mol. The number of ether oxygens (including phenoxy) is 1. The fraction of sp³-hybridized carbons (Fsp3) is 0.857. The third-order valence-corrected chi connectivity index (χ3v) is 2.89. The molecule has 0 bridgehead atoms. The van der Waals surface area contributed by atoms with Crippen LogP contribution in [-0.4, -0.2) is 18.4 Å². The highest BCUT2D eigenvalue weighted by Crippen LogP contribution is 2.13. The van der Waals surface area contributed by atoms with E-state index >= 15 is 0 Å². The second-order valence-electron chi connectivity index (χ2n) is 4.56. The number of Topliss-reactive ketones (excluding diaryl/α,β-unsaturated/α-hetero) is 1. The fourth-order valence-corrected chi connectivity index (χ4v) is 1.69. The minimum atomic E-state index is -0.363. The van der Waals surface area contributed by atoms with Crippen molar-refractivity contribution in [1.82, 2.24) is 0 Å². The van der Waals surface area contributed by atoms with Gasteiger partial charge in [-0.15, -0.1) is 0 Å². The van der Waals surface area contributed by atoms with E-state index in [1.807, 2.05) is 6.92 Å². The van der Waals surface area contributed by atoms with E-state index in [1.54, 1.807) is 0 Å². The summed E-state index contributed by atoms with van der Waals surface area (Å²) in [4.78, 5) is 22.6. The molecule has 3 nitrogen and oxygen atoms in total. The molecule has 0 aliphatic carbocycles. The molecule has 0 radical (unpaired) electrons. The first kappa shape index (κ1) is 16.1. The molecule has 3 heteroatoms. The molecule has 0 amide bonds. The van der Waals surface area contributed by atoms with E-state index in [-0.39, 0.29) is 18.2 Å². The molecule has 100 valence electrons. The van der Waals surface area contributed by atoms with E-state index in [9.17, 15) is 9.59 Å². The van der Waals surface area contributed by atoms with Gasteiger partial charge in [0.2, 0.25) is 0 Å². The number of carbonyl (C=O) groups excluding carboxylic acids is 2. The SMILES string of the molecule is CCCCC(CC)COC(=O)CC(=O)CCC. The topological polar surface area (TPSA) is 43.4 Å². The van der Waals surface area contributed by atoms with Crippen molar-refractivity contribution in [3.05, 3.63) is 0 Å². The Hall–Kier alpha value is -0.860. The lowest BCUT2D eigenvalue weighted by Gasteiger charge is -2.14. The van der Waals surface area contributed by atoms with Crippen molar-refractivity contribution >= 4 is 11.8 Å². The van der Waals surface area contributed by atoms with Crippen LogP contribution in [0.2, 0.25) is 0 Å². The molecular formula is C14H26O3. The van der Waals surface area contributed by atoms with E-state index in [1.165, 1.54) is 12.8 Å². The van der Waals surface area contributed by atoms with Crippen molar-refractivity contribution in [3.63, 3.8) is 0 Å². The van der Waals surface area contributed by atoms with Gasteiger partial charge >= 0.3 is 5.97 Å². The van der Waals surface area contributed by atoms with E-state index < -0.39 is 0 Å². The number of unbranched alkanes of at least 4 members (excludes halogenated alkanes) is 1. The zero-order valence-corrected chi connectivity index (χ0v) is 11.5. The minimum absolute atomic E-state index is 0.0147. The summed E-state index contributed by atoms with van der Waals surface area (Å²) in [6.45, 7) is 6.66. The van der Waals surface area contributed by atoms with Crippen molar-refractivity contribution in [3.8, 4) is 0 Å². The first-order valence-corrected chi connectivity index (χ1v) is 6.81. The molecule has 0 N–H and O–H groups in total. The average molecular weight is 242 g/mol. The number of esters is 1. The third kappa shape index (κ3) is 8.90. The first-order valence-electron chi connectivity index (χ1n) is 6.81. The van der Waals surface area contributed by atoms with Crippen molar-refractivity contribution in [2.75, 3.05) is 6.61 Å². The van der Waals surface area contributed by atoms with Gasteiger partial charge in [-0.2, -0.15) is 0 Å². The van der Waals surface area contributed by atoms with Crippen molar-refractivity contribution < 1.29 is 14.3 Å². The van der Waals surface area contributed by atoms with Crippen molar-refractivity contribution in [1.29, 1.82) is 0 Å². The number of hydrogen-bond donors (Lipinski definition) is 0. The standard InChI is InChI=1S/C14H26O3/c1-4-7-9-12(6-3)11-17-14(16)10-13(15)8-5-2/h12H,4-11H2,1-3H3. The minimum Gasteiger partial charge on any atom is -0.465 e. The van der Waals surface area contributed by atoms with Gasteiger partial charge in [0.05, 0.1) is 6.61 Å². The summed E-state index contributed by atoms with van der Waals surface area (Å²) >= 11 is 0. The molecule has 0 saturated heterocycles. The molecule has 0 rings (SSSR count). The molecule has 0 aliphatic heterocycles. The highest BCUT2D eigenvalue weighted by Gasteiger charge is 2.12. The first-order chi connectivity index (χ1) is 8.13. The second-order valence-corrected chi connectivity index (χ2v) is 4.56. The van der Waals surface area contributed by atoms with Gasteiger partial charge in [0.1, 0.15) is 12.2 Å². The molecule has 17 heavy (non-hydrogen) atoms. The highest BCUT2D eigenvalue weighted by atomic mass is 16.5. The van der Waals surface area contributed by atoms with Gasteiger partial charge in [-0.1, -0.05) is 40.0 Å². The summed E-state index contributed by atoms with van der Waals surface area (Å²) < 4.78 is 5.15. The van der Waals surface area contributed by atoms with Gasteiger partial charge in [-0.25, -0.2) is 0 Å². The zero-order valence-electron chi connectivity index (χ0n) is 11.5. The smallest absolute Gasteiger partial charge is 0.313 e. The number of rotatable bonds is 10. The normalized spacial score (nSPS) is 12.2. The Bertz CT molecular complexity index is 224. The van der Waals surface area contributed by atoms with Crippen LogP contribution in [0.15, 0.2) is 0 Å². The van der Waals surface area contributed by atoms with Crippen molar-refractivity contribution in [2.45, 2.75) is 65.7 Å². The molecular weight excluding hydrogens is 216 g/mol. The Labute approximate surface area is 105 Å². The largest absolute Gasteiger partial charge is 0.465 e. The maximum Gasteiger partial charge on any atom is 0.313 e. The van der Waals surface area contributed by atoms with Crippen LogP contribution in [0.3, 0.4) is 0 Å². The van der Waals surface area contributed by atoms with E-state index in [2.05, 4.69) is 13.8 Å². The van der Waals surface area contributed by atoms with Crippen LogP contribution in [0.1, 0.15) is 65.7 Å². The van der Waals surface area contributed by atoms with Crippen LogP contribution >= 0.6 is 0 Å². The molecule has 0 aromatic carbocycles. The fourth-order valence-electron chi connectivity index (χ4n) is 1.69. The molecule has 0 saturated carbocycles. The Morgan fingerprint density at radius 2 is 1.82 bits per heavy atom. The van der Waals surface area contributed by atoms with Crippen LogP contribution in [0.5, 0.6) is 0 Å². The lowest BCUT2D eigenvalue weighted by molar-refractivity contribution is -0.147. The van der Waals surface area contributed by atoms with Crippen molar-refractivity contribution in [2.24, 2.45) is 5.92 Å². The van der Waals surface area contributed by atoms with Crippen LogP contribution in [0, 0.1) is 5.92 Å². The molecule has 0 heterocycles. The quantitative estimate of drug-likeness (QED) is 0.435. The Kier molecular flexibility index (Phi) is 9.78. The summed E-state index contributed by atoms with van der Waals surface area (Å²) in [6, 6.07) is 0. The third-order valence-electron chi connectivity index (χ3n) is 2.89. The molecule has 1 unspecified atom stereocenters. The monoisotopic (exact) mass is 242 g/mol. The maximum atomic E-state index is 11.4. The van der Waals surface area contributed by atoms with E-state index in [0.29, 0.717) is 18.9 Å². The molecule has 0 spiro atoms.